The number of rotatable bonds is 6. The lowest BCUT2D eigenvalue weighted by atomic mass is 10.1. The standard InChI is InChI=1S/C17H24F4N4O2S.HI/c1-22-16(23-9-3-5-13-4-2-6-14(18)12-13)24-15-7-10-25(11-8-15)28(26,27)17(19,20)21;/h2,4,6,12,15H,3,5,7-11H2,1H3,(H2,22,23,24);1H. The van der Waals surface area contributed by atoms with Gasteiger partial charge < -0.3 is 10.6 Å². The van der Waals surface area contributed by atoms with Gasteiger partial charge in [-0.3, -0.25) is 4.99 Å². The van der Waals surface area contributed by atoms with Gasteiger partial charge in [0.05, 0.1) is 0 Å². The van der Waals surface area contributed by atoms with Gasteiger partial charge >= 0.3 is 15.5 Å². The largest absolute Gasteiger partial charge is 0.511 e. The van der Waals surface area contributed by atoms with E-state index in [1.807, 2.05) is 6.07 Å². The molecule has 1 fully saturated rings. The zero-order valence-corrected chi connectivity index (χ0v) is 19.0. The molecule has 0 atom stereocenters. The highest BCUT2D eigenvalue weighted by atomic mass is 127. The van der Waals surface area contributed by atoms with Crippen molar-refractivity contribution in [2.75, 3.05) is 26.7 Å². The minimum absolute atomic E-state index is 0. The molecule has 6 nitrogen and oxygen atoms in total. The van der Waals surface area contributed by atoms with Crippen molar-refractivity contribution in [3.8, 4) is 0 Å². The van der Waals surface area contributed by atoms with Gasteiger partial charge in [-0.1, -0.05) is 12.1 Å². The fraction of sp³-hybridized carbons (Fsp3) is 0.588. The lowest BCUT2D eigenvalue weighted by Gasteiger charge is -2.32. The Morgan fingerprint density at radius 1 is 1.28 bits per heavy atom. The second-order valence-electron chi connectivity index (χ2n) is 6.50. The molecule has 0 saturated carbocycles. The number of aliphatic imine (C=N–C) groups is 1. The lowest BCUT2D eigenvalue weighted by Crippen LogP contribution is -2.51. The second-order valence-corrected chi connectivity index (χ2v) is 8.43. The van der Waals surface area contributed by atoms with Crippen LogP contribution in [-0.4, -0.2) is 56.9 Å². The topological polar surface area (TPSA) is 73.8 Å². The van der Waals surface area contributed by atoms with Crippen LogP contribution in [0.3, 0.4) is 0 Å². The van der Waals surface area contributed by atoms with E-state index in [2.05, 4.69) is 15.6 Å². The van der Waals surface area contributed by atoms with Gasteiger partial charge in [0.2, 0.25) is 0 Å². The molecule has 2 rings (SSSR count). The van der Waals surface area contributed by atoms with Crippen LogP contribution in [0.2, 0.25) is 0 Å². The van der Waals surface area contributed by atoms with Crippen molar-refractivity contribution >= 4 is 40.0 Å². The van der Waals surface area contributed by atoms with Gasteiger partial charge in [0.15, 0.2) is 5.96 Å². The number of aryl methyl sites for hydroxylation is 1. The summed E-state index contributed by atoms with van der Waals surface area (Å²) < 4.78 is 74.3. The number of hydrogen-bond acceptors (Lipinski definition) is 3. The number of nitrogens with zero attached hydrogens (tertiary/aromatic N) is 2. The molecular formula is C17H25F4IN4O2S. The lowest BCUT2D eigenvalue weighted by molar-refractivity contribution is -0.0494. The van der Waals surface area contributed by atoms with E-state index in [4.69, 9.17) is 0 Å². The van der Waals surface area contributed by atoms with Gasteiger partial charge in [0.1, 0.15) is 5.82 Å². The van der Waals surface area contributed by atoms with Crippen LogP contribution in [-0.2, 0) is 16.4 Å². The molecule has 1 aromatic rings. The van der Waals surface area contributed by atoms with Crippen LogP contribution in [0, 0.1) is 5.82 Å². The minimum atomic E-state index is -5.27. The molecule has 2 N–H and O–H groups in total. The number of nitrogens with one attached hydrogen (secondary N) is 2. The average molecular weight is 552 g/mol. The average Bonchev–Trinajstić information content (AvgIpc) is 2.63. The molecule has 1 saturated heterocycles. The SMILES string of the molecule is CN=C(NCCCc1cccc(F)c1)NC1CCN(S(=O)(=O)C(F)(F)F)CC1.I. The van der Waals surface area contributed by atoms with Crippen molar-refractivity contribution in [2.45, 2.75) is 37.2 Å². The molecule has 12 heteroatoms. The molecule has 0 spiro atoms. The summed E-state index contributed by atoms with van der Waals surface area (Å²) in [5.74, 6) is 0.221. The molecule has 0 aliphatic carbocycles. The quantitative estimate of drug-likeness (QED) is 0.187. The highest BCUT2D eigenvalue weighted by Crippen LogP contribution is 2.28. The maximum atomic E-state index is 13.1. The number of guanidine groups is 1. The van der Waals surface area contributed by atoms with Crippen LogP contribution < -0.4 is 10.6 Å². The fourth-order valence-electron chi connectivity index (χ4n) is 2.97. The Morgan fingerprint density at radius 2 is 1.93 bits per heavy atom. The van der Waals surface area contributed by atoms with E-state index in [-0.39, 0.29) is 61.8 Å². The van der Waals surface area contributed by atoms with E-state index < -0.39 is 15.5 Å². The normalized spacial score (nSPS) is 16.9. The first-order chi connectivity index (χ1) is 13.1. The maximum absolute atomic E-state index is 13.1. The van der Waals surface area contributed by atoms with Crippen LogP contribution in [0.1, 0.15) is 24.8 Å². The zero-order valence-electron chi connectivity index (χ0n) is 15.9. The third-order valence-electron chi connectivity index (χ3n) is 4.47. The van der Waals surface area contributed by atoms with Gasteiger partial charge in [0.25, 0.3) is 0 Å². The summed E-state index contributed by atoms with van der Waals surface area (Å²) in [4.78, 5) is 4.07. The Hall–Kier alpha value is -1.15. The van der Waals surface area contributed by atoms with Gasteiger partial charge in [-0.25, -0.2) is 12.8 Å². The molecule has 0 unspecified atom stereocenters. The van der Waals surface area contributed by atoms with Gasteiger partial charge in [-0.15, -0.1) is 24.0 Å². The summed E-state index contributed by atoms with van der Waals surface area (Å²) >= 11 is 0. The van der Waals surface area contributed by atoms with Crippen molar-refractivity contribution in [1.29, 1.82) is 0 Å². The number of halogens is 5. The Kier molecular flexibility index (Phi) is 10.1. The number of hydrogen-bond donors (Lipinski definition) is 2. The molecule has 1 aliphatic rings. The first-order valence-electron chi connectivity index (χ1n) is 8.91. The van der Waals surface area contributed by atoms with Crippen molar-refractivity contribution < 1.29 is 26.0 Å². The first-order valence-corrected chi connectivity index (χ1v) is 10.4. The van der Waals surface area contributed by atoms with Crippen LogP contribution in [0.4, 0.5) is 17.6 Å². The van der Waals surface area contributed by atoms with Crippen LogP contribution in [0.15, 0.2) is 29.3 Å². The molecule has 0 radical (unpaired) electrons. The molecular weight excluding hydrogens is 527 g/mol. The summed E-state index contributed by atoms with van der Waals surface area (Å²) in [6, 6.07) is 6.20. The Bertz CT molecular complexity index is 782. The Labute approximate surface area is 185 Å². The van der Waals surface area contributed by atoms with E-state index in [1.54, 1.807) is 13.1 Å². The smallest absolute Gasteiger partial charge is 0.356 e. The molecule has 166 valence electrons. The minimum Gasteiger partial charge on any atom is -0.356 e. The maximum Gasteiger partial charge on any atom is 0.511 e. The van der Waals surface area contributed by atoms with E-state index >= 15 is 0 Å². The van der Waals surface area contributed by atoms with Crippen molar-refractivity contribution in [1.82, 2.24) is 14.9 Å². The number of sulfonamides is 1. The first kappa shape index (κ1) is 25.9. The second kappa shape index (κ2) is 11.3. The summed E-state index contributed by atoms with van der Waals surface area (Å²) in [7, 11) is -3.70. The molecule has 1 heterocycles. The molecule has 0 amide bonds. The molecule has 0 aromatic heterocycles. The van der Waals surface area contributed by atoms with Gasteiger partial charge in [0, 0.05) is 32.7 Å². The third-order valence-corrected chi connectivity index (χ3v) is 6.10. The van der Waals surface area contributed by atoms with Crippen LogP contribution in [0.5, 0.6) is 0 Å². The van der Waals surface area contributed by atoms with E-state index in [1.165, 1.54) is 12.1 Å². The highest BCUT2D eigenvalue weighted by Gasteiger charge is 2.50. The van der Waals surface area contributed by atoms with Crippen molar-refractivity contribution in [2.24, 2.45) is 4.99 Å². The van der Waals surface area contributed by atoms with Gasteiger partial charge in [-0.05, 0) is 43.4 Å². The summed E-state index contributed by atoms with van der Waals surface area (Å²) in [5, 5.41) is 6.20. The van der Waals surface area contributed by atoms with Gasteiger partial charge in [-0.2, -0.15) is 17.5 Å². The van der Waals surface area contributed by atoms with E-state index in [0.29, 0.717) is 23.2 Å². The third kappa shape index (κ3) is 7.55. The van der Waals surface area contributed by atoms with E-state index in [0.717, 1.165) is 12.0 Å². The van der Waals surface area contributed by atoms with Crippen LogP contribution >= 0.6 is 24.0 Å². The molecule has 0 bridgehead atoms. The predicted octanol–water partition coefficient (Wildman–Crippen LogP) is 2.86. The Balaban J connectivity index is 0.00000420. The summed E-state index contributed by atoms with van der Waals surface area (Å²) in [6.45, 7) is 0.184. The molecule has 1 aromatic carbocycles. The van der Waals surface area contributed by atoms with Crippen molar-refractivity contribution in [3.63, 3.8) is 0 Å². The fourth-order valence-corrected chi connectivity index (χ4v) is 3.95. The highest BCUT2D eigenvalue weighted by molar-refractivity contribution is 14.0. The van der Waals surface area contributed by atoms with Crippen LogP contribution in [0.25, 0.3) is 0 Å². The number of benzene rings is 1. The molecule has 29 heavy (non-hydrogen) atoms. The number of piperidine rings is 1. The molecule has 1 aliphatic heterocycles. The summed E-state index contributed by atoms with van der Waals surface area (Å²) in [6.07, 6.45) is 1.93. The van der Waals surface area contributed by atoms with E-state index in [9.17, 15) is 26.0 Å². The van der Waals surface area contributed by atoms with Crippen molar-refractivity contribution in [3.05, 3.63) is 35.6 Å². The Morgan fingerprint density at radius 3 is 2.48 bits per heavy atom. The number of alkyl halides is 3. The zero-order chi connectivity index (χ0) is 20.8. The monoisotopic (exact) mass is 552 g/mol. The summed E-state index contributed by atoms with van der Waals surface area (Å²) in [5.41, 5.74) is -4.38. The predicted molar refractivity (Wildman–Crippen MR) is 114 cm³/mol.